The highest BCUT2D eigenvalue weighted by molar-refractivity contribution is 5.81. The number of carbonyl (C=O) groups excluding carboxylic acids is 1. The molecule has 0 heterocycles. The second-order valence-corrected chi connectivity index (χ2v) is 4.16. The Morgan fingerprint density at radius 2 is 2.25 bits per heavy atom. The van der Waals surface area contributed by atoms with E-state index >= 15 is 0 Å². The molecule has 0 atom stereocenters. The summed E-state index contributed by atoms with van der Waals surface area (Å²) in [6, 6.07) is 0. The zero-order chi connectivity index (χ0) is 8.60. The van der Waals surface area contributed by atoms with Gasteiger partial charge in [0.1, 0.15) is 0 Å². The molecule has 2 aliphatic carbocycles. The Bertz CT molecular complexity index is 227. The number of hydrogen-bond acceptors (Lipinski definition) is 2. The van der Waals surface area contributed by atoms with E-state index in [0.29, 0.717) is 0 Å². The molecule has 66 valence electrons. The Morgan fingerprint density at radius 1 is 1.58 bits per heavy atom. The normalized spacial score (nSPS) is 25.8. The van der Waals surface area contributed by atoms with Crippen LogP contribution in [0.5, 0.6) is 0 Å². The number of amides is 1. The largest absolute Gasteiger partial charge is 0.273 e. The van der Waals surface area contributed by atoms with Crippen molar-refractivity contribution in [1.29, 1.82) is 0 Å². The van der Waals surface area contributed by atoms with Crippen LogP contribution in [0.2, 0.25) is 0 Å². The molecule has 1 N–H and O–H groups in total. The van der Waals surface area contributed by atoms with Crippen molar-refractivity contribution in [2.45, 2.75) is 32.6 Å². The summed E-state index contributed by atoms with van der Waals surface area (Å²) in [7, 11) is 0. The van der Waals surface area contributed by atoms with Gasteiger partial charge in [-0.15, -0.1) is 0 Å². The molecule has 2 saturated carbocycles. The molecular weight excluding hydrogens is 152 g/mol. The molecule has 1 amide bonds. The Hall–Kier alpha value is -0.860. The third kappa shape index (κ3) is 1.84. The Balaban J connectivity index is 1.73. The standard InChI is InChI=1S/C9H14N2O/c1-9(4-5-9)6-10-11-8(12)7-2-3-7/h6-7H,2-5H2,1H3,(H,11,12)/b10-6+. The minimum atomic E-state index is 0.0931. The molecule has 0 saturated heterocycles. The second kappa shape index (κ2) is 2.57. The summed E-state index contributed by atoms with van der Waals surface area (Å²) in [6.07, 6.45) is 6.36. The van der Waals surface area contributed by atoms with Crippen LogP contribution >= 0.6 is 0 Å². The Kier molecular flexibility index (Phi) is 1.67. The van der Waals surface area contributed by atoms with Gasteiger partial charge in [0.05, 0.1) is 0 Å². The zero-order valence-corrected chi connectivity index (χ0v) is 7.34. The Morgan fingerprint density at radius 3 is 2.75 bits per heavy atom. The van der Waals surface area contributed by atoms with Crippen molar-refractivity contribution < 1.29 is 4.79 Å². The van der Waals surface area contributed by atoms with E-state index in [2.05, 4.69) is 17.5 Å². The third-order valence-electron chi connectivity index (χ3n) is 2.54. The molecule has 0 unspecified atom stereocenters. The van der Waals surface area contributed by atoms with Crippen LogP contribution in [-0.4, -0.2) is 12.1 Å². The van der Waals surface area contributed by atoms with Crippen molar-refractivity contribution in [3.8, 4) is 0 Å². The minimum absolute atomic E-state index is 0.0931. The zero-order valence-electron chi connectivity index (χ0n) is 7.34. The quantitative estimate of drug-likeness (QED) is 0.498. The van der Waals surface area contributed by atoms with Gasteiger partial charge >= 0.3 is 0 Å². The molecule has 0 aromatic rings. The van der Waals surface area contributed by atoms with Gasteiger partial charge in [-0.3, -0.25) is 4.79 Å². The van der Waals surface area contributed by atoms with Crippen molar-refractivity contribution in [2.24, 2.45) is 16.4 Å². The van der Waals surface area contributed by atoms with Gasteiger partial charge in [0.25, 0.3) is 0 Å². The van der Waals surface area contributed by atoms with Crippen molar-refractivity contribution >= 4 is 12.1 Å². The number of rotatable bonds is 3. The van der Waals surface area contributed by atoms with Crippen molar-refractivity contribution in [1.82, 2.24) is 5.43 Å². The first-order chi connectivity index (χ1) is 5.70. The molecule has 0 spiro atoms. The molecule has 2 fully saturated rings. The smallest absolute Gasteiger partial charge is 0.243 e. The number of nitrogens with zero attached hydrogens (tertiary/aromatic N) is 1. The predicted octanol–water partition coefficient (Wildman–Crippen LogP) is 1.30. The molecule has 12 heavy (non-hydrogen) atoms. The van der Waals surface area contributed by atoms with Crippen LogP contribution in [0.1, 0.15) is 32.6 Å². The van der Waals surface area contributed by atoms with Gasteiger partial charge in [-0.1, -0.05) is 6.92 Å². The highest BCUT2D eigenvalue weighted by Crippen LogP contribution is 2.42. The third-order valence-corrected chi connectivity index (χ3v) is 2.54. The maximum absolute atomic E-state index is 11.1. The summed E-state index contributed by atoms with van der Waals surface area (Å²) in [5, 5.41) is 3.94. The molecule has 0 aliphatic heterocycles. The fraction of sp³-hybridized carbons (Fsp3) is 0.778. The topological polar surface area (TPSA) is 41.5 Å². The average molecular weight is 166 g/mol. The first-order valence-corrected chi connectivity index (χ1v) is 4.54. The highest BCUT2D eigenvalue weighted by Gasteiger charge is 2.35. The van der Waals surface area contributed by atoms with Gasteiger partial charge in [-0.25, -0.2) is 5.43 Å². The fourth-order valence-electron chi connectivity index (χ4n) is 1.01. The van der Waals surface area contributed by atoms with E-state index in [1.165, 1.54) is 12.8 Å². The number of hydrogen-bond donors (Lipinski definition) is 1. The van der Waals surface area contributed by atoms with E-state index < -0.39 is 0 Å². The lowest BCUT2D eigenvalue weighted by Crippen LogP contribution is -2.19. The summed E-state index contributed by atoms with van der Waals surface area (Å²) in [5.74, 6) is 0.352. The summed E-state index contributed by atoms with van der Waals surface area (Å²) in [6.45, 7) is 2.15. The van der Waals surface area contributed by atoms with Crippen LogP contribution in [0.4, 0.5) is 0 Å². The molecule has 0 radical (unpaired) electrons. The van der Waals surface area contributed by atoms with Gasteiger partial charge in [-0.05, 0) is 25.7 Å². The first kappa shape index (κ1) is 7.77. The molecule has 0 aromatic carbocycles. The molecule has 0 aromatic heterocycles. The molecule has 2 rings (SSSR count). The van der Waals surface area contributed by atoms with Crippen LogP contribution in [0.15, 0.2) is 5.10 Å². The molecule has 3 heteroatoms. The van der Waals surface area contributed by atoms with Gasteiger partial charge in [0.2, 0.25) is 5.91 Å². The molecule has 2 aliphatic rings. The van der Waals surface area contributed by atoms with Crippen LogP contribution < -0.4 is 5.43 Å². The van der Waals surface area contributed by atoms with E-state index in [0.717, 1.165) is 12.8 Å². The predicted molar refractivity (Wildman–Crippen MR) is 46.7 cm³/mol. The van der Waals surface area contributed by atoms with Crippen LogP contribution in [0, 0.1) is 11.3 Å². The SMILES string of the molecule is CC1(/C=N/NC(=O)C2CC2)CC1. The van der Waals surface area contributed by atoms with Gasteiger partial charge in [0.15, 0.2) is 0 Å². The van der Waals surface area contributed by atoms with Crippen molar-refractivity contribution in [3.05, 3.63) is 0 Å². The van der Waals surface area contributed by atoms with E-state index in [4.69, 9.17) is 0 Å². The lowest BCUT2D eigenvalue weighted by Gasteiger charge is -1.98. The summed E-state index contributed by atoms with van der Waals surface area (Å²) in [5.41, 5.74) is 2.86. The Labute approximate surface area is 72.2 Å². The lowest BCUT2D eigenvalue weighted by atomic mass is 10.2. The van der Waals surface area contributed by atoms with Crippen LogP contribution in [0.3, 0.4) is 0 Å². The van der Waals surface area contributed by atoms with E-state index in [1.807, 2.05) is 6.21 Å². The summed E-state index contributed by atoms with van der Waals surface area (Å²) >= 11 is 0. The minimum Gasteiger partial charge on any atom is -0.273 e. The second-order valence-electron chi connectivity index (χ2n) is 4.16. The monoisotopic (exact) mass is 166 g/mol. The van der Waals surface area contributed by atoms with Crippen LogP contribution in [0.25, 0.3) is 0 Å². The van der Waals surface area contributed by atoms with Crippen molar-refractivity contribution in [2.75, 3.05) is 0 Å². The van der Waals surface area contributed by atoms with Gasteiger partial charge in [-0.2, -0.15) is 5.10 Å². The van der Waals surface area contributed by atoms with Gasteiger partial charge < -0.3 is 0 Å². The maximum atomic E-state index is 11.1. The van der Waals surface area contributed by atoms with E-state index in [1.54, 1.807) is 0 Å². The van der Waals surface area contributed by atoms with Crippen molar-refractivity contribution in [3.63, 3.8) is 0 Å². The fourth-order valence-corrected chi connectivity index (χ4v) is 1.01. The van der Waals surface area contributed by atoms with Gasteiger partial charge in [0, 0.05) is 17.5 Å². The molecule has 0 bridgehead atoms. The molecule has 3 nitrogen and oxygen atoms in total. The average Bonchev–Trinajstić information content (AvgIpc) is 2.82. The number of nitrogens with one attached hydrogen (secondary N) is 1. The summed E-state index contributed by atoms with van der Waals surface area (Å²) < 4.78 is 0. The summed E-state index contributed by atoms with van der Waals surface area (Å²) in [4.78, 5) is 11.1. The van der Waals surface area contributed by atoms with E-state index in [9.17, 15) is 4.79 Å². The number of carbonyl (C=O) groups is 1. The molecular formula is C9H14N2O. The highest BCUT2D eigenvalue weighted by atomic mass is 16.2. The number of hydrazone groups is 1. The lowest BCUT2D eigenvalue weighted by molar-refractivity contribution is -0.122. The van der Waals surface area contributed by atoms with Crippen LogP contribution in [-0.2, 0) is 4.79 Å². The maximum Gasteiger partial charge on any atom is 0.243 e. The van der Waals surface area contributed by atoms with E-state index in [-0.39, 0.29) is 17.2 Å². The first-order valence-electron chi connectivity index (χ1n) is 4.54.